The average Bonchev–Trinajstić information content (AvgIpc) is 3.34. The van der Waals surface area contributed by atoms with E-state index in [1.807, 2.05) is 24.4 Å². The Morgan fingerprint density at radius 3 is 2.14 bits per heavy atom. The third-order valence-electron chi connectivity index (χ3n) is 8.25. The molecule has 2 aromatic carbocycles. The molecular formula is C32H42IrNO2-. The van der Waals surface area contributed by atoms with Crippen LogP contribution in [0.1, 0.15) is 77.7 Å². The molecule has 2 unspecified atom stereocenters. The number of aromatic nitrogens is 1. The average molecular weight is 665 g/mol. The molecule has 2 fully saturated rings. The molecule has 2 saturated carbocycles. The number of nitrogens with zero attached hydrogens (tertiary/aromatic N) is 1. The molecule has 4 atom stereocenters. The standard InChI is InChI=1S/C18H16N.C14H26O2.Ir/c1-13(2)15-8-9-17-16(12-15)10-11-19-18(17)14-6-4-3-5-7-14;1-3-5-9-7-11-8-10(6-4-2)14(16)12(11)13(9)15;/h3-6,8-13H,1-2H3;9-16H,3-8H2,1-2H3;/q-1;;/t;9-,10-,11?,12?,13?,14?;/m.0./s1. The van der Waals surface area contributed by atoms with Crippen LogP contribution < -0.4 is 0 Å². The van der Waals surface area contributed by atoms with Crippen molar-refractivity contribution in [1.82, 2.24) is 4.98 Å². The number of aliphatic hydroxyl groups is 2. The Balaban J connectivity index is 0.000000198. The molecule has 0 bridgehead atoms. The van der Waals surface area contributed by atoms with E-state index in [-0.39, 0.29) is 38.2 Å². The first-order chi connectivity index (χ1) is 16.9. The zero-order valence-corrected chi connectivity index (χ0v) is 24.6. The molecule has 2 aliphatic carbocycles. The quantitative estimate of drug-likeness (QED) is 0.270. The van der Waals surface area contributed by atoms with Crippen LogP contribution >= 0.6 is 0 Å². The van der Waals surface area contributed by atoms with Gasteiger partial charge in [-0.3, -0.25) is 0 Å². The van der Waals surface area contributed by atoms with E-state index in [1.165, 1.54) is 16.3 Å². The largest absolute Gasteiger partial charge is 0.392 e. The van der Waals surface area contributed by atoms with Crippen LogP contribution in [0.4, 0.5) is 0 Å². The fraction of sp³-hybridized carbons (Fsp3) is 0.531. The molecule has 4 heteroatoms. The van der Waals surface area contributed by atoms with Gasteiger partial charge in [-0.25, -0.2) is 0 Å². The predicted octanol–water partition coefficient (Wildman–Crippen LogP) is 7.40. The maximum Gasteiger partial charge on any atom is 0.0624 e. The molecule has 1 radical (unpaired) electrons. The van der Waals surface area contributed by atoms with E-state index < -0.39 is 0 Å². The summed E-state index contributed by atoms with van der Waals surface area (Å²) >= 11 is 0. The SMILES string of the molecule is CC(C)c1ccc2c(-c3[c-]cccc3)nccc2c1.CCC[C@H]1CC2C[C@H](CCC)C(O)C2C1O.[Ir]. The monoisotopic (exact) mass is 665 g/mol. The molecule has 2 aliphatic rings. The van der Waals surface area contributed by atoms with Crippen molar-refractivity contribution in [3.05, 3.63) is 66.4 Å². The first-order valence-electron chi connectivity index (χ1n) is 13.7. The molecule has 0 spiro atoms. The smallest absolute Gasteiger partial charge is 0.0624 e. The minimum atomic E-state index is -0.234. The number of hydrogen-bond donors (Lipinski definition) is 2. The second kappa shape index (κ2) is 13.3. The first-order valence-corrected chi connectivity index (χ1v) is 13.7. The first kappa shape index (κ1) is 29.0. The van der Waals surface area contributed by atoms with Crippen molar-refractivity contribution in [3.8, 4) is 11.3 Å². The van der Waals surface area contributed by atoms with E-state index >= 15 is 0 Å². The number of fused-ring (bicyclic) bond motifs is 2. The zero-order valence-electron chi connectivity index (χ0n) is 22.2. The molecule has 0 aliphatic heterocycles. The topological polar surface area (TPSA) is 53.4 Å². The third kappa shape index (κ3) is 6.27. The minimum absolute atomic E-state index is 0. The van der Waals surface area contributed by atoms with E-state index in [0.717, 1.165) is 49.8 Å². The van der Waals surface area contributed by atoms with Crippen molar-refractivity contribution in [2.24, 2.45) is 23.7 Å². The van der Waals surface area contributed by atoms with Crippen LogP contribution in [0.15, 0.2) is 54.7 Å². The van der Waals surface area contributed by atoms with Crippen molar-refractivity contribution in [1.29, 1.82) is 0 Å². The van der Waals surface area contributed by atoms with Crippen LogP contribution in [-0.2, 0) is 20.1 Å². The maximum absolute atomic E-state index is 10.3. The fourth-order valence-electron chi connectivity index (χ4n) is 6.48. The van der Waals surface area contributed by atoms with Gasteiger partial charge in [-0.1, -0.05) is 58.7 Å². The van der Waals surface area contributed by atoms with Crippen LogP contribution in [0.25, 0.3) is 22.0 Å². The van der Waals surface area contributed by atoms with Crippen molar-refractivity contribution in [2.75, 3.05) is 0 Å². The van der Waals surface area contributed by atoms with Crippen molar-refractivity contribution in [2.45, 2.75) is 84.3 Å². The summed E-state index contributed by atoms with van der Waals surface area (Å²) in [6.07, 6.45) is 8.25. The van der Waals surface area contributed by atoms with Crippen molar-refractivity contribution >= 4 is 10.8 Å². The molecule has 197 valence electrons. The maximum atomic E-state index is 10.3. The van der Waals surface area contributed by atoms with Gasteiger partial charge in [0.25, 0.3) is 0 Å². The Labute approximate surface area is 231 Å². The van der Waals surface area contributed by atoms with Crippen molar-refractivity contribution < 1.29 is 30.3 Å². The van der Waals surface area contributed by atoms with Crippen LogP contribution in [0.2, 0.25) is 0 Å². The summed E-state index contributed by atoms with van der Waals surface area (Å²) in [5.41, 5.74) is 3.42. The molecule has 36 heavy (non-hydrogen) atoms. The number of benzene rings is 2. The van der Waals surface area contributed by atoms with Crippen molar-refractivity contribution in [3.63, 3.8) is 0 Å². The summed E-state index contributed by atoms with van der Waals surface area (Å²) in [6, 6.07) is 19.9. The summed E-state index contributed by atoms with van der Waals surface area (Å²) in [5.74, 6) is 2.24. The fourth-order valence-corrected chi connectivity index (χ4v) is 6.48. The van der Waals surface area contributed by atoms with E-state index in [1.54, 1.807) is 0 Å². The molecule has 0 saturated heterocycles. The molecular weight excluding hydrogens is 623 g/mol. The summed E-state index contributed by atoms with van der Waals surface area (Å²) < 4.78 is 0. The van der Waals surface area contributed by atoms with Gasteiger partial charge in [-0.2, -0.15) is 0 Å². The van der Waals surface area contributed by atoms with Gasteiger partial charge in [0.15, 0.2) is 0 Å². The summed E-state index contributed by atoms with van der Waals surface area (Å²) in [4.78, 5) is 4.52. The van der Waals surface area contributed by atoms with Gasteiger partial charge in [0, 0.05) is 32.2 Å². The summed E-state index contributed by atoms with van der Waals surface area (Å²) in [7, 11) is 0. The van der Waals surface area contributed by atoms with Gasteiger partial charge in [-0.15, -0.1) is 35.9 Å². The minimum Gasteiger partial charge on any atom is -0.392 e. The molecule has 3 nitrogen and oxygen atoms in total. The Hall–Kier alpha value is -1.58. The summed E-state index contributed by atoms with van der Waals surface area (Å²) in [5, 5.41) is 23.0. The van der Waals surface area contributed by atoms with Crippen LogP contribution in [0.5, 0.6) is 0 Å². The van der Waals surface area contributed by atoms with Gasteiger partial charge in [-0.05, 0) is 77.5 Å². The molecule has 0 amide bonds. The van der Waals surface area contributed by atoms with Gasteiger partial charge in [0.2, 0.25) is 0 Å². The molecule has 5 rings (SSSR count). The second-order valence-electron chi connectivity index (χ2n) is 11.0. The van der Waals surface area contributed by atoms with E-state index in [0.29, 0.717) is 23.7 Å². The normalized spacial score (nSPS) is 26.9. The van der Waals surface area contributed by atoms with Crippen LogP contribution in [0.3, 0.4) is 0 Å². The summed E-state index contributed by atoms with van der Waals surface area (Å²) in [6.45, 7) is 8.79. The van der Waals surface area contributed by atoms with E-state index in [4.69, 9.17) is 0 Å². The number of hydrogen-bond acceptors (Lipinski definition) is 3. The van der Waals surface area contributed by atoms with Gasteiger partial charge < -0.3 is 15.2 Å². The van der Waals surface area contributed by atoms with Gasteiger partial charge >= 0.3 is 0 Å². The Morgan fingerprint density at radius 1 is 0.944 bits per heavy atom. The van der Waals surface area contributed by atoms with Crippen LogP contribution in [0, 0.1) is 29.7 Å². The predicted molar refractivity (Wildman–Crippen MR) is 145 cm³/mol. The number of aliphatic hydroxyl groups excluding tert-OH is 2. The van der Waals surface area contributed by atoms with E-state index in [9.17, 15) is 10.2 Å². The number of pyridine rings is 1. The van der Waals surface area contributed by atoms with E-state index in [2.05, 4.69) is 69.1 Å². The molecule has 2 N–H and O–H groups in total. The second-order valence-corrected chi connectivity index (χ2v) is 11.0. The van der Waals surface area contributed by atoms with Gasteiger partial charge in [0.05, 0.1) is 12.2 Å². The third-order valence-corrected chi connectivity index (χ3v) is 8.25. The zero-order chi connectivity index (χ0) is 24.9. The molecule has 1 aromatic heterocycles. The molecule has 1 heterocycles. The Morgan fingerprint density at radius 2 is 1.61 bits per heavy atom. The van der Waals surface area contributed by atoms with Gasteiger partial charge in [0.1, 0.15) is 0 Å². The Bertz CT molecular complexity index is 1060. The Kier molecular flexibility index (Phi) is 10.7. The number of rotatable bonds is 6. The van der Waals surface area contributed by atoms with Crippen LogP contribution in [-0.4, -0.2) is 27.4 Å². The molecule has 3 aromatic rings.